The van der Waals surface area contributed by atoms with Crippen molar-refractivity contribution in [1.29, 1.82) is 0 Å². The highest BCUT2D eigenvalue weighted by Gasteiger charge is 2.27. The Morgan fingerprint density at radius 3 is 2.75 bits per heavy atom. The van der Waals surface area contributed by atoms with Crippen LogP contribution < -0.4 is 15.0 Å². The summed E-state index contributed by atoms with van der Waals surface area (Å²) in [5, 5.41) is 2.94. The van der Waals surface area contributed by atoms with Crippen LogP contribution in [0.3, 0.4) is 0 Å². The largest absolute Gasteiger partial charge is 0.495 e. The Hall–Kier alpha value is -1.91. The molecule has 1 aliphatic rings. The number of rotatable bonds is 5. The molecule has 2 atom stereocenters. The Labute approximate surface area is 145 Å². The second-order valence-electron chi connectivity index (χ2n) is 7.56. The van der Waals surface area contributed by atoms with Crippen molar-refractivity contribution >= 4 is 11.8 Å². The molecule has 0 radical (unpaired) electrons. The van der Waals surface area contributed by atoms with Crippen molar-refractivity contribution < 1.29 is 14.3 Å². The van der Waals surface area contributed by atoms with Crippen molar-refractivity contribution in [2.75, 3.05) is 25.1 Å². The van der Waals surface area contributed by atoms with Crippen LogP contribution in [-0.4, -0.2) is 37.9 Å². The SMILES string of the molecule is COc1ccccc1N1CCC(CC(C)NC(=O)OC(C)(C)C)C1. The van der Waals surface area contributed by atoms with E-state index in [9.17, 15) is 4.79 Å². The lowest BCUT2D eigenvalue weighted by molar-refractivity contribution is 0.0503. The molecule has 1 aromatic rings. The van der Waals surface area contributed by atoms with Gasteiger partial charge in [-0.1, -0.05) is 12.1 Å². The number of para-hydroxylation sites is 2. The van der Waals surface area contributed by atoms with Crippen molar-refractivity contribution in [3.05, 3.63) is 24.3 Å². The topological polar surface area (TPSA) is 50.8 Å². The van der Waals surface area contributed by atoms with Crippen LogP contribution in [0.4, 0.5) is 10.5 Å². The minimum absolute atomic E-state index is 0.0995. The van der Waals surface area contributed by atoms with Gasteiger partial charge >= 0.3 is 6.09 Å². The lowest BCUT2D eigenvalue weighted by Gasteiger charge is -2.24. The van der Waals surface area contributed by atoms with E-state index in [0.717, 1.165) is 37.4 Å². The lowest BCUT2D eigenvalue weighted by atomic mass is 10.0. The number of hydrogen-bond acceptors (Lipinski definition) is 4. The zero-order valence-electron chi connectivity index (χ0n) is 15.5. The average molecular weight is 334 g/mol. The molecule has 0 aromatic heterocycles. The predicted octanol–water partition coefficient (Wildman–Crippen LogP) is 3.82. The van der Waals surface area contributed by atoms with Gasteiger partial charge in [-0.3, -0.25) is 0 Å². The first-order valence-electron chi connectivity index (χ1n) is 8.66. The summed E-state index contributed by atoms with van der Waals surface area (Å²) >= 11 is 0. The van der Waals surface area contributed by atoms with E-state index in [-0.39, 0.29) is 12.1 Å². The van der Waals surface area contributed by atoms with Gasteiger partial charge in [0.05, 0.1) is 12.8 Å². The van der Waals surface area contributed by atoms with Gasteiger partial charge in [-0.15, -0.1) is 0 Å². The number of methoxy groups -OCH3 is 1. The second-order valence-corrected chi connectivity index (χ2v) is 7.56. The summed E-state index contributed by atoms with van der Waals surface area (Å²) in [4.78, 5) is 14.2. The van der Waals surface area contributed by atoms with Crippen molar-refractivity contribution in [1.82, 2.24) is 5.32 Å². The van der Waals surface area contributed by atoms with E-state index < -0.39 is 5.60 Å². The quantitative estimate of drug-likeness (QED) is 0.889. The fraction of sp³-hybridized carbons (Fsp3) is 0.632. The Bertz CT molecular complexity index is 554. The molecule has 1 aromatic carbocycles. The number of carbonyl (C=O) groups is 1. The first-order valence-corrected chi connectivity index (χ1v) is 8.66. The van der Waals surface area contributed by atoms with E-state index in [0.29, 0.717) is 5.92 Å². The number of hydrogen-bond donors (Lipinski definition) is 1. The van der Waals surface area contributed by atoms with Crippen LogP contribution >= 0.6 is 0 Å². The van der Waals surface area contributed by atoms with Crippen molar-refractivity contribution in [2.24, 2.45) is 5.92 Å². The van der Waals surface area contributed by atoms with E-state index in [1.54, 1.807) is 7.11 Å². The van der Waals surface area contributed by atoms with Gasteiger partial charge in [-0.25, -0.2) is 4.79 Å². The minimum atomic E-state index is -0.460. The van der Waals surface area contributed by atoms with Crippen LogP contribution in [0.5, 0.6) is 5.75 Å². The lowest BCUT2D eigenvalue weighted by Crippen LogP contribution is -2.38. The standard InChI is InChI=1S/C19H30N2O3/c1-14(20-18(22)24-19(2,3)4)12-15-10-11-21(13-15)16-8-6-7-9-17(16)23-5/h6-9,14-15H,10-13H2,1-5H3,(H,20,22). The maximum absolute atomic E-state index is 11.9. The summed E-state index contributed by atoms with van der Waals surface area (Å²) in [5.74, 6) is 1.47. The Balaban J connectivity index is 1.84. The van der Waals surface area contributed by atoms with Crippen molar-refractivity contribution in [3.8, 4) is 5.75 Å². The number of amides is 1. The van der Waals surface area contributed by atoms with Gasteiger partial charge in [-0.05, 0) is 58.6 Å². The molecule has 2 unspecified atom stereocenters. The molecule has 5 nitrogen and oxygen atoms in total. The Morgan fingerprint density at radius 2 is 2.08 bits per heavy atom. The van der Waals surface area contributed by atoms with Gasteiger partial charge in [0.2, 0.25) is 0 Å². The number of ether oxygens (including phenoxy) is 2. The van der Waals surface area contributed by atoms with Crippen LogP contribution in [0.25, 0.3) is 0 Å². The normalized spacial score (nSPS) is 19.0. The summed E-state index contributed by atoms with van der Waals surface area (Å²) in [6.07, 6.45) is 1.73. The number of alkyl carbamates (subject to hydrolysis) is 1. The highest BCUT2D eigenvalue weighted by Crippen LogP contribution is 2.33. The number of benzene rings is 1. The van der Waals surface area contributed by atoms with Gasteiger partial charge in [0.25, 0.3) is 0 Å². The van der Waals surface area contributed by atoms with E-state index in [1.165, 1.54) is 0 Å². The summed E-state index contributed by atoms with van der Waals surface area (Å²) in [6.45, 7) is 9.67. The first kappa shape index (κ1) is 18.4. The van der Waals surface area contributed by atoms with Crippen molar-refractivity contribution in [3.63, 3.8) is 0 Å². The molecule has 0 aliphatic carbocycles. The zero-order valence-corrected chi connectivity index (χ0v) is 15.5. The molecule has 24 heavy (non-hydrogen) atoms. The maximum Gasteiger partial charge on any atom is 0.407 e. The molecule has 0 spiro atoms. The van der Waals surface area contributed by atoms with E-state index >= 15 is 0 Å². The van der Waals surface area contributed by atoms with Gasteiger partial charge in [-0.2, -0.15) is 0 Å². The van der Waals surface area contributed by atoms with Gasteiger partial charge in [0, 0.05) is 19.1 Å². The summed E-state index contributed by atoms with van der Waals surface area (Å²) in [7, 11) is 1.71. The van der Waals surface area contributed by atoms with E-state index in [2.05, 4.69) is 16.3 Å². The maximum atomic E-state index is 11.9. The Kier molecular flexibility index (Phi) is 5.97. The summed E-state index contributed by atoms with van der Waals surface area (Å²) in [6, 6.07) is 8.22. The molecule has 1 amide bonds. The second kappa shape index (κ2) is 7.77. The third-order valence-corrected chi connectivity index (χ3v) is 4.16. The number of anilines is 1. The molecular formula is C19H30N2O3. The number of nitrogens with one attached hydrogen (secondary N) is 1. The van der Waals surface area contributed by atoms with Gasteiger partial charge < -0.3 is 19.7 Å². The van der Waals surface area contributed by atoms with Crippen molar-refractivity contribution in [2.45, 2.75) is 52.2 Å². The molecule has 1 fully saturated rings. The molecule has 2 rings (SSSR count). The molecule has 1 heterocycles. The predicted molar refractivity (Wildman–Crippen MR) is 96.8 cm³/mol. The van der Waals surface area contributed by atoms with Gasteiger partial charge in [0.15, 0.2) is 0 Å². The van der Waals surface area contributed by atoms with Crippen LogP contribution in [0.2, 0.25) is 0 Å². The van der Waals surface area contributed by atoms with E-state index in [1.807, 2.05) is 45.9 Å². The molecule has 1 N–H and O–H groups in total. The first-order chi connectivity index (χ1) is 11.3. The molecule has 1 aliphatic heterocycles. The zero-order chi connectivity index (χ0) is 17.7. The van der Waals surface area contributed by atoms with E-state index in [4.69, 9.17) is 9.47 Å². The molecule has 134 valence electrons. The fourth-order valence-electron chi connectivity index (χ4n) is 3.20. The molecule has 5 heteroatoms. The molecule has 0 saturated carbocycles. The average Bonchev–Trinajstić information content (AvgIpc) is 2.93. The molecule has 1 saturated heterocycles. The van der Waals surface area contributed by atoms with Gasteiger partial charge in [0.1, 0.15) is 11.4 Å². The monoisotopic (exact) mass is 334 g/mol. The van der Waals surface area contributed by atoms with Crippen LogP contribution in [0, 0.1) is 5.92 Å². The fourth-order valence-corrected chi connectivity index (χ4v) is 3.20. The molecule has 0 bridgehead atoms. The molecular weight excluding hydrogens is 304 g/mol. The van der Waals surface area contributed by atoms with Crippen LogP contribution in [-0.2, 0) is 4.74 Å². The highest BCUT2D eigenvalue weighted by molar-refractivity contribution is 5.68. The Morgan fingerprint density at radius 1 is 1.38 bits per heavy atom. The smallest absolute Gasteiger partial charge is 0.407 e. The van der Waals surface area contributed by atoms with Crippen LogP contribution in [0.1, 0.15) is 40.5 Å². The third kappa shape index (κ3) is 5.32. The summed E-state index contributed by atoms with van der Waals surface area (Å²) < 4.78 is 10.8. The number of nitrogens with zero attached hydrogens (tertiary/aromatic N) is 1. The number of carbonyl (C=O) groups excluding carboxylic acids is 1. The minimum Gasteiger partial charge on any atom is -0.495 e. The van der Waals surface area contributed by atoms with Crippen LogP contribution in [0.15, 0.2) is 24.3 Å². The highest BCUT2D eigenvalue weighted by atomic mass is 16.6. The summed E-state index contributed by atoms with van der Waals surface area (Å²) in [5.41, 5.74) is 0.688. The third-order valence-electron chi connectivity index (χ3n) is 4.16.